The number of hydrogen-bond donors (Lipinski definition) is 6. The van der Waals surface area contributed by atoms with Gasteiger partial charge in [-0.15, -0.1) is 23.2 Å². The van der Waals surface area contributed by atoms with Gasteiger partial charge in [0.25, 0.3) is 0 Å². The summed E-state index contributed by atoms with van der Waals surface area (Å²) in [4.78, 5) is 67.7. The van der Waals surface area contributed by atoms with Gasteiger partial charge in [0.2, 0.25) is 11.8 Å². The monoisotopic (exact) mass is 921 g/mol. The summed E-state index contributed by atoms with van der Waals surface area (Å²) in [5.74, 6) is -4.29. The maximum Gasteiger partial charge on any atom is 1.00 e. The normalized spacial score (nSPS) is 24.9. The molecule has 2 amide bonds. The SMILES string of the molecule is CC(=O)[C@@]1(C(=O)Nc2ccc(F)cc2)C[C@H]1C.CC(=O)[C@@]1(C(=O)O)C[C@H]1C.C[C@@H]1C[C@@]1(C(=O)O)C(=O)Nc1ccc(F)cc1.ClCCl.Nc1ccc(F)cc1.OC1CCCO1.[Li+].[OH-]. The number of nitrogen functional groups attached to an aromatic ring is 1. The number of carbonyl (C=O) groups excluding carboxylic acids is 4. The van der Waals surface area contributed by atoms with Gasteiger partial charge < -0.3 is 41.9 Å². The topological polar surface area (TPSA) is 252 Å². The van der Waals surface area contributed by atoms with Crippen molar-refractivity contribution < 1.29 is 86.3 Å². The Morgan fingerprint density at radius 2 is 0.968 bits per heavy atom. The first-order valence-electron chi connectivity index (χ1n) is 19.1. The summed E-state index contributed by atoms with van der Waals surface area (Å²) < 4.78 is 42.1. The molecule has 0 radical (unpaired) electrons. The summed E-state index contributed by atoms with van der Waals surface area (Å²) in [7, 11) is 0. The third kappa shape index (κ3) is 16.5. The van der Waals surface area contributed by atoms with Gasteiger partial charge in [0, 0.05) is 30.1 Å². The van der Waals surface area contributed by atoms with E-state index in [1.807, 2.05) is 6.92 Å². The van der Waals surface area contributed by atoms with Gasteiger partial charge in [-0.2, -0.15) is 0 Å². The first kappa shape index (κ1) is 58.5. The third-order valence-corrected chi connectivity index (χ3v) is 10.7. The molecule has 63 heavy (non-hydrogen) atoms. The molecule has 1 unspecified atom stereocenters. The van der Waals surface area contributed by atoms with E-state index < -0.39 is 46.2 Å². The largest absolute Gasteiger partial charge is 1.00 e. The first-order chi connectivity index (χ1) is 28.5. The van der Waals surface area contributed by atoms with E-state index in [4.69, 9.17) is 49.0 Å². The van der Waals surface area contributed by atoms with E-state index in [0.29, 0.717) is 36.3 Å². The minimum Gasteiger partial charge on any atom is -0.870 e. The van der Waals surface area contributed by atoms with Crippen molar-refractivity contribution in [2.75, 3.05) is 28.3 Å². The predicted molar refractivity (Wildman–Crippen MR) is 226 cm³/mol. The number of hydrogen-bond acceptors (Lipinski definition) is 10. The molecular weight excluding hydrogens is 869 g/mol. The summed E-state index contributed by atoms with van der Waals surface area (Å²) in [6.07, 6.45) is 2.83. The first-order valence-corrected chi connectivity index (χ1v) is 20.2. The molecular formula is C43H53Cl2F3LiN3O11. The molecule has 3 aliphatic carbocycles. The number of nitrogens with one attached hydrogen (secondary N) is 2. The Hall–Kier alpha value is -4.47. The van der Waals surface area contributed by atoms with Crippen molar-refractivity contribution in [2.45, 2.75) is 73.0 Å². The van der Waals surface area contributed by atoms with Gasteiger partial charge in [0.05, 0.1) is 5.34 Å². The number of amides is 2. The number of aliphatic hydroxyl groups excluding tert-OH is 1. The number of carbonyl (C=O) groups is 6. The molecule has 7 rings (SSSR count). The zero-order valence-electron chi connectivity index (χ0n) is 35.8. The van der Waals surface area contributed by atoms with E-state index in [0.717, 1.165) is 19.4 Å². The number of aliphatic hydroxyl groups is 1. The Morgan fingerprint density at radius 3 is 1.16 bits per heavy atom. The Bertz CT molecular complexity index is 1850. The molecule has 3 aromatic carbocycles. The van der Waals surface area contributed by atoms with Crippen LogP contribution in [0.5, 0.6) is 0 Å². The zero-order chi connectivity index (χ0) is 46.3. The molecule has 20 heteroatoms. The van der Waals surface area contributed by atoms with Gasteiger partial charge in [-0.05, 0) is 130 Å². The van der Waals surface area contributed by atoms with Crippen LogP contribution in [-0.2, 0) is 33.5 Å². The van der Waals surface area contributed by atoms with Crippen molar-refractivity contribution in [2.24, 2.45) is 34.0 Å². The van der Waals surface area contributed by atoms with Gasteiger partial charge in [-0.3, -0.25) is 28.8 Å². The van der Waals surface area contributed by atoms with E-state index in [9.17, 15) is 41.9 Å². The maximum atomic E-state index is 12.7. The number of rotatable bonds is 8. The number of ketones is 2. The van der Waals surface area contributed by atoms with Gasteiger partial charge in [0.15, 0.2) is 6.29 Å². The summed E-state index contributed by atoms with van der Waals surface area (Å²) in [6, 6.07) is 16.4. The maximum absolute atomic E-state index is 12.7. The number of anilines is 3. The molecule has 4 fully saturated rings. The standard InChI is InChI=1S/C13H14FNO2.C12H12FNO3.C7H10O3.C6H6FN.C4H8O2.CH2Cl2.Li.H2O/c1-8-7-13(8,9(2)16)12(17)15-11-5-3-10(14)4-6-11;1-7-6-12(7,11(16)17)10(15)14-9-4-2-8(13)3-5-9;1-4-3-7(4,5(2)8)6(9)10;7-5-1-3-6(8)4-2-5;5-4-2-1-3-6-4;2-1-3;;/h3-6,8H,7H2,1-2H3,(H,15,17);2-5,7H,6H2,1H3,(H,14,15)(H,16,17);4H,3H2,1-2H3,(H,9,10);1-4H,8H2;4-5H,1-3H2;1H2;;1H2/q;;;;;;+1;/p-1/t8-,13-;7-,12+;4-,7-;;;;;/m111...../s1. The van der Waals surface area contributed by atoms with E-state index in [2.05, 4.69) is 10.6 Å². The molecule has 3 aromatic rings. The van der Waals surface area contributed by atoms with Gasteiger partial charge in [-0.1, -0.05) is 20.8 Å². The van der Waals surface area contributed by atoms with E-state index in [1.165, 1.54) is 86.6 Å². The van der Waals surface area contributed by atoms with Crippen LogP contribution in [-0.4, -0.2) is 74.4 Å². The fraction of sp³-hybridized carbons (Fsp3) is 0.442. The van der Waals surface area contributed by atoms with E-state index in [-0.39, 0.29) is 76.5 Å². The second-order valence-corrected chi connectivity index (χ2v) is 15.8. The average Bonchev–Trinajstić information content (AvgIpc) is 4.14. The number of ether oxygens (including phenoxy) is 1. The van der Waals surface area contributed by atoms with Crippen LogP contribution >= 0.6 is 23.2 Å². The van der Waals surface area contributed by atoms with Crippen molar-refractivity contribution in [1.82, 2.24) is 0 Å². The number of benzene rings is 3. The number of nitrogens with two attached hydrogens (primary N) is 1. The molecule has 4 aliphatic rings. The minimum absolute atomic E-state index is 0. The van der Waals surface area contributed by atoms with E-state index in [1.54, 1.807) is 13.8 Å². The zero-order valence-corrected chi connectivity index (χ0v) is 37.3. The third-order valence-electron chi connectivity index (χ3n) is 10.7. The summed E-state index contributed by atoms with van der Waals surface area (Å²) in [5, 5.41) is 31.5. The van der Waals surface area contributed by atoms with Crippen LogP contribution in [0.3, 0.4) is 0 Å². The summed E-state index contributed by atoms with van der Waals surface area (Å²) in [6.45, 7) is 8.91. The minimum atomic E-state index is -1.31. The second-order valence-electron chi connectivity index (χ2n) is 15.0. The molecule has 8 N–H and O–H groups in total. The fourth-order valence-electron chi connectivity index (χ4n) is 6.47. The molecule has 3 saturated carbocycles. The van der Waals surface area contributed by atoms with Crippen molar-refractivity contribution in [3.8, 4) is 0 Å². The van der Waals surface area contributed by atoms with Crippen LogP contribution in [0.1, 0.15) is 66.7 Å². The second kappa shape index (κ2) is 26.3. The Kier molecular flexibility index (Phi) is 24.5. The van der Waals surface area contributed by atoms with Crippen LogP contribution in [0.15, 0.2) is 72.8 Å². The molecule has 342 valence electrons. The summed E-state index contributed by atoms with van der Waals surface area (Å²) in [5.41, 5.74) is 3.57. The van der Waals surface area contributed by atoms with Crippen LogP contribution in [0, 0.1) is 51.5 Å². The van der Waals surface area contributed by atoms with Crippen molar-refractivity contribution in [1.29, 1.82) is 0 Å². The predicted octanol–water partition coefficient (Wildman–Crippen LogP) is 4.71. The van der Waals surface area contributed by atoms with Crippen LogP contribution in [0.25, 0.3) is 0 Å². The molecule has 1 saturated heterocycles. The quantitative estimate of drug-likeness (QED) is 0.0778. The molecule has 1 heterocycles. The fourth-order valence-corrected chi connectivity index (χ4v) is 6.47. The average molecular weight is 923 g/mol. The molecule has 14 nitrogen and oxygen atoms in total. The molecule has 0 aromatic heterocycles. The Labute approximate surface area is 385 Å². The van der Waals surface area contributed by atoms with Crippen LogP contribution < -0.4 is 35.2 Å². The number of carboxylic acids is 2. The Balaban J connectivity index is 0.000000778. The summed E-state index contributed by atoms with van der Waals surface area (Å²) >= 11 is 9.53. The number of alkyl halides is 2. The van der Waals surface area contributed by atoms with E-state index >= 15 is 0 Å². The molecule has 1 aliphatic heterocycles. The molecule has 0 bridgehead atoms. The number of halogens is 5. The van der Waals surface area contributed by atoms with Gasteiger partial charge in [-0.25, -0.2) is 13.2 Å². The van der Waals surface area contributed by atoms with Crippen molar-refractivity contribution in [3.63, 3.8) is 0 Å². The molecule has 7 atom stereocenters. The van der Waals surface area contributed by atoms with Crippen molar-refractivity contribution >= 4 is 75.6 Å². The van der Waals surface area contributed by atoms with Crippen molar-refractivity contribution in [3.05, 3.63) is 90.2 Å². The van der Waals surface area contributed by atoms with Gasteiger partial charge in [0.1, 0.15) is 45.3 Å². The number of Topliss-reactive ketones (excluding diaryl/α,β-unsaturated/α-hetero) is 2. The Morgan fingerprint density at radius 1 is 0.667 bits per heavy atom. The number of aliphatic carboxylic acids is 2. The van der Waals surface area contributed by atoms with Crippen LogP contribution in [0.2, 0.25) is 0 Å². The molecule has 0 spiro atoms. The van der Waals surface area contributed by atoms with Crippen LogP contribution in [0.4, 0.5) is 30.2 Å². The smallest absolute Gasteiger partial charge is 0.870 e. The number of carboxylic acid groups (broad SMARTS) is 2. The van der Waals surface area contributed by atoms with Gasteiger partial charge >= 0.3 is 30.8 Å².